The number of piperidine rings is 2. The van der Waals surface area contributed by atoms with Gasteiger partial charge < -0.3 is 20.4 Å². The van der Waals surface area contributed by atoms with Gasteiger partial charge in [-0.25, -0.2) is 0 Å². The standard InChI is InChI=1S/C30H38N4O3/c1-30(2)24-10-6-7-11-26(24)34(29(30)37)23-14-18-33(19-15-23)28(36)25(20-21-8-4-3-5-9-21)32-27(35)22-12-16-31-17-13-22/h3-11,22-23,25,31H,12-20H2,1-2H3,(H,32,35). The van der Waals surface area contributed by atoms with E-state index < -0.39 is 11.5 Å². The van der Waals surface area contributed by atoms with Crippen molar-refractivity contribution in [3.63, 3.8) is 0 Å². The molecule has 2 aromatic rings. The number of anilines is 1. The van der Waals surface area contributed by atoms with Crippen LogP contribution in [0.4, 0.5) is 5.69 Å². The Morgan fingerprint density at radius 1 is 0.973 bits per heavy atom. The second-order valence-electron chi connectivity index (χ2n) is 11.1. The summed E-state index contributed by atoms with van der Waals surface area (Å²) < 4.78 is 0. The van der Waals surface area contributed by atoms with Crippen LogP contribution < -0.4 is 15.5 Å². The molecule has 0 bridgehead atoms. The molecule has 3 aliphatic heterocycles. The monoisotopic (exact) mass is 502 g/mol. The molecule has 7 heteroatoms. The minimum atomic E-state index is -0.589. The minimum Gasteiger partial charge on any atom is -0.344 e. The highest BCUT2D eigenvalue weighted by atomic mass is 16.2. The van der Waals surface area contributed by atoms with Crippen LogP contribution in [-0.4, -0.2) is 60.9 Å². The Kier molecular flexibility index (Phi) is 7.33. The summed E-state index contributed by atoms with van der Waals surface area (Å²) in [6.45, 7) is 6.79. The van der Waals surface area contributed by atoms with Crippen LogP contribution in [0.15, 0.2) is 54.6 Å². The average Bonchev–Trinajstić information content (AvgIpc) is 3.14. The summed E-state index contributed by atoms with van der Waals surface area (Å²) in [5.74, 6) is 0.0301. The predicted octanol–water partition coefficient (Wildman–Crippen LogP) is 3.03. The second kappa shape index (κ2) is 10.7. The molecule has 3 aliphatic rings. The van der Waals surface area contributed by atoms with Crippen LogP contribution in [-0.2, 0) is 26.2 Å². The van der Waals surface area contributed by atoms with Crippen LogP contribution in [0.1, 0.15) is 50.7 Å². The van der Waals surface area contributed by atoms with Crippen molar-refractivity contribution in [1.29, 1.82) is 0 Å². The zero-order valence-corrected chi connectivity index (χ0v) is 21.9. The summed E-state index contributed by atoms with van der Waals surface area (Å²) >= 11 is 0. The quantitative estimate of drug-likeness (QED) is 0.636. The van der Waals surface area contributed by atoms with Crippen molar-refractivity contribution in [2.45, 2.75) is 63.5 Å². The number of benzene rings is 2. The van der Waals surface area contributed by atoms with Gasteiger partial charge in [-0.3, -0.25) is 14.4 Å². The largest absolute Gasteiger partial charge is 0.344 e. The Labute approximate surface area is 219 Å². The molecule has 0 spiro atoms. The molecule has 2 N–H and O–H groups in total. The minimum absolute atomic E-state index is 0.0211. The molecule has 1 atom stereocenters. The van der Waals surface area contributed by atoms with E-state index in [0.29, 0.717) is 19.5 Å². The van der Waals surface area contributed by atoms with Crippen molar-refractivity contribution in [1.82, 2.24) is 15.5 Å². The smallest absolute Gasteiger partial charge is 0.245 e. The first kappa shape index (κ1) is 25.5. The summed E-state index contributed by atoms with van der Waals surface area (Å²) in [5, 5.41) is 6.40. The van der Waals surface area contributed by atoms with Crippen LogP contribution in [0.3, 0.4) is 0 Å². The Bertz CT molecular complexity index is 1130. The summed E-state index contributed by atoms with van der Waals surface area (Å²) in [7, 11) is 0. The highest BCUT2D eigenvalue weighted by Crippen LogP contribution is 2.43. The van der Waals surface area contributed by atoms with Gasteiger partial charge >= 0.3 is 0 Å². The molecule has 2 aromatic carbocycles. The normalized spacial score (nSPS) is 21.0. The van der Waals surface area contributed by atoms with Gasteiger partial charge in [-0.2, -0.15) is 0 Å². The van der Waals surface area contributed by atoms with E-state index in [1.165, 1.54) is 0 Å². The lowest BCUT2D eigenvalue weighted by molar-refractivity contribution is -0.138. The lowest BCUT2D eigenvalue weighted by Gasteiger charge is -2.39. The van der Waals surface area contributed by atoms with E-state index >= 15 is 0 Å². The van der Waals surface area contributed by atoms with Gasteiger partial charge in [-0.05, 0) is 69.8 Å². The molecule has 0 saturated carbocycles. The maximum atomic E-state index is 13.7. The average molecular weight is 503 g/mol. The number of nitrogens with zero attached hydrogens (tertiary/aromatic N) is 2. The van der Waals surface area contributed by atoms with Gasteiger partial charge in [0.25, 0.3) is 0 Å². The van der Waals surface area contributed by atoms with Crippen molar-refractivity contribution < 1.29 is 14.4 Å². The number of hydrogen-bond donors (Lipinski definition) is 2. The fraction of sp³-hybridized carbons (Fsp3) is 0.500. The first-order chi connectivity index (χ1) is 17.9. The van der Waals surface area contributed by atoms with Gasteiger partial charge in [0.15, 0.2) is 0 Å². The first-order valence-corrected chi connectivity index (χ1v) is 13.6. The maximum Gasteiger partial charge on any atom is 0.245 e. The van der Waals surface area contributed by atoms with E-state index in [1.54, 1.807) is 0 Å². The van der Waals surface area contributed by atoms with Gasteiger partial charge in [0.1, 0.15) is 6.04 Å². The number of likely N-dealkylation sites (tertiary alicyclic amines) is 1. The van der Waals surface area contributed by atoms with Crippen LogP contribution >= 0.6 is 0 Å². The number of para-hydroxylation sites is 1. The Morgan fingerprint density at radius 2 is 1.62 bits per heavy atom. The summed E-state index contributed by atoms with van der Waals surface area (Å²) in [4.78, 5) is 44.0. The molecular formula is C30H38N4O3. The molecule has 0 aromatic heterocycles. The number of amides is 3. The second-order valence-corrected chi connectivity index (χ2v) is 11.1. The molecule has 3 amide bonds. The van der Waals surface area contributed by atoms with Crippen molar-refractivity contribution in [3.05, 3.63) is 65.7 Å². The Hall–Kier alpha value is -3.19. The number of fused-ring (bicyclic) bond motifs is 1. The van der Waals surface area contributed by atoms with Crippen molar-refractivity contribution in [2.24, 2.45) is 5.92 Å². The van der Waals surface area contributed by atoms with E-state index in [9.17, 15) is 14.4 Å². The molecule has 196 valence electrons. The number of carbonyl (C=O) groups is 3. The van der Waals surface area contributed by atoms with E-state index in [2.05, 4.69) is 10.6 Å². The molecular weight excluding hydrogens is 464 g/mol. The zero-order valence-electron chi connectivity index (χ0n) is 21.9. The SMILES string of the molecule is CC1(C)C(=O)N(C2CCN(C(=O)C(Cc3ccccc3)NC(=O)C3CCNCC3)CC2)c2ccccc21. The van der Waals surface area contributed by atoms with Gasteiger partial charge in [-0.15, -0.1) is 0 Å². The molecule has 5 rings (SSSR count). The van der Waals surface area contributed by atoms with Gasteiger partial charge in [0, 0.05) is 37.2 Å². The molecule has 2 saturated heterocycles. The summed E-state index contributed by atoms with van der Waals surface area (Å²) in [6, 6.07) is 17.4. The van der Waals surface area contributed by atoms with Gasteiger partial charge in [-0.1, -0.05) is 48.5 Å². The highest BCUT2D eigenvalue weighted by Gasteiger charge is 2.47. The van der Waals surface area contributed by atoms with E-state index in [4.69, 9.17) is 0 Å². The molecule has 0 radical (unpaired) electrons. The van der Waals surface area contributed by atoms with Crippen LogP contribution in [0.25, 0.3) is 0 Å². The topological polar surface area (TPSA) is 81.8 Å². The van der Waals surface area contributed by atoms with Crippen LogP contribution in [0, 0.1) is 5.92 Å². The fourth-order valence-electron chi connectivity index (χ4n) is 6.09. The van der Waals surface area contributed by atoms with Gasteiger partial charge in [0.05, 0.1) is 5.41 Å². The molecule has 2 fully saturated rings. The Balaban J connectivity index is 1.27. The molecule has 1 unspecified atom stereocenters. The third-order valence-electron chi connectivity index (χ3n) is 8.34. The lowest BCUT2D eigenvalue weighted by Crippen LogP contribution is -2.55. The van der Waals surface area contributed by atoms with Gasteiger partial charge in [0.2, 0.25) is 17.7 Å². The number of carbonyl (C=O) groups excluding carboxylic acids is 3. The van der Waals surface area contributed by atoms with Crippen molar-refractivity contribution in [3.8, 4) is 0 Å². The summed E-state index contributed by atoms with van der Waals surface area (Å²) in [6.07, 6.45) is 3.52. The third-order valence-corrected chi connectivity index (χ3v) is 8.34. The predicted molar refractivity (Wildman–Crippen MR) is 144 cm³/mol. The summed E-state index contributed by atoms with van der Waals surface area (Å²) in [5.41, 5.74) is 2.56. The first-order valence-electron chi connectivity index (χ1n) is 13.6. The fourth-order valence-corrected chi connectivity index (χ4v) is 6.09. The zero-order chi connectivity index (χ0) is 26.0. The van der Waals surface area contributed by atoms with E-state index in [-0.39, 0.29) is 29.7 Å². The molecule has 0 aliphatic carbocycles. The van der Waals surface area contributed by atoms with Crippen molar-refractivity contribution in [2.75, 3.05) is 31.1 Å². The van der Waals surface area contributed by atoms with Crippen LogP contribution in [0.2, 0.25) is 0 Å². The Morgan fingerprint density at radius 3 is 2.32 bits per heavy atom. The third kappa shape index (κ3) is 5.14. The maximum absolute atomic E-state index is 13.7. The van der Waals surface area contributed by atoms with E-state index in [1.807, 2.05) is 78.2 Å². The lowest BCUT2D eigenvalue weighted by atomic mass is 9.86. The van der Waals surface area contributed by atoms with Crippen molar-refractivity contribution >= 4 is 23.4 Å². The van der Waals surface area contributed by atoms with Crippen LogP contribution in [0.5, 0.6) is 0 Å². The molecule has 37 heavy (non-hydrogen) atoms. The number of nitrogens with one attached hydrogen (secondary N) is 2. The number of hydrogen-bond acceptors (Lipinski definition) is 4. The molecule has 3 heterocycles. The highest BCUT2D eigenvalue weighted by molar-refractivity contribution is 6.08. The number of rotatable bonds is 6. The van der Waals surface area contributed by atoms with E-state index in [0.717, 1.165) is 55.6 Å². The molecule has 7 nitrogen and oxygen atoms in total.